The Morgan fingerprint density at radius 2 is 1.71 bits per heavy atom. The van der Waals surface area contributed by atoms with E-state index < -0.39 is 0 Å². The first-order valence-electron chi connectivity index (χ1n) is 10.5. The summed E-state index contributed by atoms with van der Waals surface area (Å²) in [7, 11) is 0. The third-order valence-electron chi connectivity index (χ3n) is 5.70. The van der Waals surface area contributed by atoms with Crippen molar-refractivity contribution in [3.05, 3.63) is 106 Å². The van der Waals surface area contributed by atoms with Crippen LogP contribution >= 0.6 is 0 Å². The highest BCUT2D eigenvalue weighted by Crippen LogP contribution is 2.25. The SMILES string of the molecule is Cc1ccc(CC(=O)N/N=C/c2c(C)n(Cc3ccccc3)c3ccccc23)c(C)c1. The molecule has 1 amide bonds. The van der Waals surface area contributed by atoms with Crippen molar-refractivity contribution in [2.75, 3.05) is 0 Å². The van der Waals surface area contributed by atoms with Gasteiger partial charge in [-0.25, -0.2) is 5.43 Å². The summed E-state index contributed by atoms with van der Waals surface area (Å²) in [6.07, 6.45) is 2.08. The van der Waals surface area contributed by atoms with Crippen LogP contribution in [0.25, 0.3) is 10.9 Å². The lowest BCUT2D eigenvalue weighted by atomic mass is 10.0. The van der Waals surface area contributed by atoms with Crippen LogP contribution in [-0.2, 0) is 17.8 Å². The molecule has 3 aromatic carbocycles. The molecule has 0 bridgehead atoms. The Labute approximate surface area is 183 Å². The Hall–Kier alpha value is -3.66. The molecule has 1 N–H and O–H groups in total. The molecule has 31 heavy (non-hydrogen) atoms. The van der Waals surface area contributed by atoms with Crippen molar-refractivity contribution in [1.82, 2.24) is 9.99 Å². The van der Waals surface area contributed by atoms with Gasteiger partial charge in [0.15, 0.2) is 0 Å². The van der Waals surface area contributed by atoms with Gasteiger partial charge in [-0.3, -0.25) is 4.79 Å². The number of nitrogens with one attached hydrogen (secondary N) is 1. The van der Waals surface area contributed by atoms with E-state index in [1.807, 2.05) is 31.2 Å². The van der Waals surface area contributed by atoms with Crippen molar-refractivity contribution >= 4 is 23.0 Å². The average Bonchev–Trinajstić information content (AvgIpc) is 3.02. The van der Waals surface area contributed by atoms with Gasteiger partial charge in [0.2, 0.25) is 5.91 Å². The van der Waals surface area contributed by atoms with Crippen LogP contribution in [0, 0.1) is 20.8 Å². The zero-order valence-electron chi connectivity index (χ0n) is 18.2. The Morgan fingerprint density at radius 1 is 0.968 bits per heavy atom. The quantitative estimate of drug-likeness (QED) is 0.341. The fourth-order valence-corrected chi connectivity index (χ4v) is 4.02. The van der Waals surface area contributed by atoms with E-state index in [4.69, 9.17) is 0 Å². The number of para-hydroxylation sites is 1. The Kier molecular flexibility index (Phi) is 5.99. The largest absolute Gasteiger partial charge is 0.340 e. The molecule has 4 heteroatoms. The fraction of sp³-hybridized carbons (Fsp3) is 0.185. The maximum absolute atomic E-state index is 12.4. The van der Waals surface area contributed by atoms with Gasteiger partial charge < -0.3 is 4.57 Å². The average molecular weight is 410 g/mol. The number of nitrogens with zero attached hydrogens (tertiary/aromatic N) is 2. The molecular weight excluding hydrogens is 382 g/mol. The van der Waals surface area contributed by atoms with Gasteiger partial charge in [-0.2, -0.15) is 5.10 Å². The summed E-state index contributed by atoms with van der Waals surface area (Å²) in [5.74, 6) is -0.117. The summed E-state index contributed by atoms with van der Waals surface area (Å²) in [6, 6.07) is 24.9. The molecule has 0 saturated heterocycles. The standard InChI is InChI=1S/C27H27N3O/c1-19-13-14-23(20(2)15-19)16-27(31)29-28-17-25-21(3)30(18-22-9-5-4-6-10-22)26-12-8-7-11-24(25)26/h4-15,17H,16,18H2,1-3H3,(H,29,31)/b28-17+. The maximum Gasteiger partial charge on any atom is 0.244 e. The smallest absolute Gasteiger partial charge is 0.244 e. The molecule has 0 spiro atoms. The van der Waals surface area contributed by atoms with E-state index in [-0.39, 0.29) is 5.91 Å². The van der Waals surface area contributed by atoms with E-state index in [0.717, 1.165) is 39.8 Å². The Balaban J connectivity index is 1.54. The molecule has 0 atom stereocenters. The summed E-state index contributed by atoms with van der Waals surface area (Å²) >= 11 is 0. The predicted molar refractivity (Wildman–Crippen MR) is 128 cm³/mol. The normalized spacial score (nSPS) is 11.3. The number of amides is 1. The van der Waals surface area contributed by atoms with Crippen LogP contribution in [-0.4, -0.2) is 16.7 Å². The molecular formula is C27H27N3O. The molecule has 4 rings (SSSR count). The van der Waals surface area contributed by atoms with Crippen LogP contribution in [0.3, 0.4) is 0 Å². The van der Waals surface area contributed by atoms with Gasteiger partial charge in [0.1, 0.15) is 0 Å². The van der Waals surface area contributed by atoms with Gasteiger partial charge in [-0.15, -0.1) is 0 Å². The number of hydrogen-bond acceptors (Lipinski definition) is 2. The maximum atomic E-state index is 12.4. The zero-order valence-corrected chi connectivity index (χ0v) is 18.2. The van der Waals surface area contributed by atoms with E-state index >= 15 is 0 Å². The molecule has 1 heterocycles. The van der Waals surface area contributed by atoms with Crippen molar-refractivity contribution in [2.24, 2.45) is 5.10 Å². The minimum absolute atomic E-state index is 0.117. The molecule has 0 aliphatic heterocycles. The number of rotatable bonds is 6. The lowest BCUT2D eigenvalue weighted by Gasteiger charge is -2.08. The van der Waals surface area contributed by atoms with Gasteiger partial charge >= 0.3 is 0 Å². The zero-order chi connectivity index (χ0) is 21.8. The monoisotopic (exact) mass is 409 g/mol. The second kappa shape index (κ2) is 9.00. The first kappa shape index (κ1) is 20.6. The molecule has 156 valence electrons. The molecule has 4 nitrogen and oxygen atoms in total. The lowest BCUT2D eigenvalue weighted by Crippen LogP contribution is -2.20. The summed E-state index contributed by atoms with van der Waals surface area (Å²) in [5, 5.41) is 5.41. The summed E-state index contributed by atoms with van der Waals surface area (Å²) in [4.78, 5) is 12.4. The first-order valence-corrected chi connectivity index (χ1v) is 10.5. The molecule has 0 radical (unpaired) electrons. The number of fused-ring (bicyclic) bond motifs is 1. The molecule has 0 saturated carbocycles. The third-order valence-corrected chi connectivity index (χ3v) is 5.70. The number of hydrogen-bond donors (Lipinski definition) is 1. The minimum atomic E-state index is -0.117. The third kappa shape index (κ3) is 4.58. The highest BCUT2D eigenvalue weighted by atomic mass is 16.2. The van der Waals surface area contributed by atoms with E-state index in [0.29, 0.717) is 6.42 Å². The number of hydrazone groups is 1. The van der Waals surface area contributed by atoms with Gasteiger partial charge in [0.25, 0.3) is 0 Å². The van der Waals surface area contributed by atoms with Crippen LogP contribution in [0.15, 0.2) is 77.9 Å². The van der Waals surface area contributed by atoms with Gasteiger partial charge in [-0.1, -0.05) is 72.3 Å². The number of carbonyl (C=O) groups excluding carboxylic acids is 1. The van der Waals surface area contributed by atoms with E-state index in [1.54, 1.807) is 6.21 Å². The molecule has 0 aliphatic carbocycles. The van der Waals surface area contributed by atoms with Gasteiger partial charge in [-0.05, 0) is 43.5 Å². The van der Waals surface area contributed by atoms with Crippen LogP contribution in [0.1, 0.15) is 33.5 Å². The Morgan fingerprint density at radius 3 is 2.48 bits per heavy atom. The van der Waals surface area contributed by atoms with Gasteiger partial charge in [0, 0.05) is 28.7 Å². The van der Waals surface area contributed by atoms with Gasteiger partial charge in [0.05, 0.1) is 12.6 Å². The predicted octanol–water partition coefficient (Wildman–Crippen LogP) is 5.31. The van der Waals surface area contributed by atoms with Crippen molar-refractivity contribution in [1.29, 1.82) is 0 Å². The molecule has 1 aromatic heterocycles. The summed E-state index contributed by atoms with van der Waals surface area (Å²) in [6.45, 7) is 6.98. The van der Waals surface area contributed by atoms with E-state index in [2.05, 4.69) is 77.5 Å². The van der Waals surface area contributed by atoms with Crippen LogP contribution in [0.5, 0.6) is 0 Å². The molecule has 0 unspecified atom stereocenters. The second-order valence-electron chi connectivity index (χ2n) is 7.99. The number of aryl methyl sites for hydroxylation is 2. The van der Waals surface area contributed by atoms with Crippen molar-refractivity contribution in [3.63, 3.8) is 0 Å². The van der Waals surface area contributed by atoms with E-state index in [9.17, 15) is 4.79 Å². The number of benzene rings is 3. The summed E-state index contributed by atoms with van der Waals surface area (Å²) in [5.41, 5.74) is 10.6. The van der Waals surface area contributed by atoms with Crippen molar-refractivity contribution in [2.45, 2.75) is 33.7 Å². The number of aromatic nitrogens is 1. The van der Waals surface area contributed by atoms with Crippen molar-refractivity contribution < 1.29 is 4.79 Å². The second-order valence-corrected chi connectivity index (χ2v) is 7.99. The van der Waals surface area contributed by atoms with Crippen LogP contribution in [0.4, 0.5) is 0 Å². The highest BCUT2D eigenvalue weighted by molar-refractivity contribution is 6.01. The Bertz CT molecular complexity index is 1250. The topological polar surface area (TPSA) is 46.4 Å². The lowest BCUT2D eigenvalue weighted by molar-refractivity contribution is -0.120. The minimum Gasteiger partial charge on any atom is -0.340 e. The molecule has 0 fully saturated rings. The van der Waals surface area contributed by atoms with E-state index in [1.165, 1.54) is 11.1 Å². The van der Waals surface area contributed by atoms with Crippen molar-refractivity contribution in [3.8, 4) is 0 Å². The molecule has 0 aliphatic rings. The fourth-order valence-electron chi connectivity index (χ4n) is 4.02. The molecule has 4 aromatic rings. The van der Waals surface area contributed by atoms with Crippen LogP contribution < -0.4 is 5.43 Å². The summed E-state index contributed by atoms with van der Waals surface area (Å²) < 4.78 is 2.30. The first-order chi connectivity index (χ1) is 15.0. The highest BCUT2D eigenvalue weighted by Gasteiger charge is 2.13. The number of carbonyl (C=O) groups is 1. The van der Waals surface area contributed by atoms with Crippen LogP contribution in [0.2, 0.25) is 0 Å².